The zero-order valence-electron chi connectivity index (χ0n) is 9.27. The molecule has 0 aliphatic heterocycles. The van der Waals surface area contributed by atoms with E-state index in [1.807, 2.05) is 36.4 Å². The highest BCUT2D eigenvalue weighted by atomic mass is 35.5. The molecule has 1 aromatic heterocycles. The van der Waals surface area contributed by atoms with E-state index in [-0.39, 0.29) is 0 Å². The monoisotopic (exact) mass is 248 g/mol. The van der Waals surface area contributed by atoms with Crippen LogP contribution in [0.25, 0.3) is 0 Å². The number of nitrogens with zero attached hydrogens (tertiary/aromatic N) is 1. The minimum absolute atomic E-state index is 0.478. The summed E-state index contributed by atoms with van der Waals surface area (Å²) in [5.41, 5.74) is 7.53. The highest BCUT2D eigenvalue weighted by molar-refractivity contribution is 6.30. The van der Waals surface area contributed by atoms with Crippen molar-refractivity contribution in [3.63, 3.8) is 0 Å². The molecule has 1 heterocycles. The fourth-order valence-corrected chi connectivity index (χ4v) is 1.48. The van der Waals surface area contributed by atoms with Crippen molar-refractivity contribution < 1.29 is 4.74 Å². The molecule has 0 aliphatic carbocycles. The van der Waals surface area contributed by atoms with Crippen molar-refractivity contribution in [1.29, 1.82) is 0 Å². The number of hydrogen-bond donors (Lipinski definition) is 1. The summed E-state index contributed by atoms with van der Waals surface area (Å²) in [6.07, 6.45) is 1.72. The van der Waals surface area contributed by atoms with Gasteiger partial charge in [0.2, 0.25) is 5.88 Å². The van der Waals surface area contributed by atoms with Crippen LogP contribution in [0.15, 0.2) is 42.6 Å². The summed E-state index contributed by atoms with van der Waals surface area (Å²) in [5, 5.41) is 0.721. The molecule has 1 aromatic carbocycles. The van der Waals surface area contributed by atoms with Crippen LogP contribution < -0.4 is 10.5 Å². The van der Waals surface area contributed by atoms with E-state index in [9.17, 15) is 0 Å². The number of aromatic nitrogens is 1. The average Bonchev–Trinajstić information content (AvgIpc) is 2.39. The Morgan fingerprint density at radius 3 is 2.35 bits per heavy atom. The molecular weight excluding hydrogens is 236 g/mol. The maximum atomic E-state index is 5.80. The van der Waals surface area contributed by atoms with Gasteiger partial charge in [-0.2, -0.15) is 0 Å². The molecule has 0 amide bonds. The standard InChI is InChI=1S/C13H13ClN2O/c14-12-4-1-10(2-5-12)9-17-13-6-3-11(7-15)8-16-13/h1-6,8H,7,9,15H2. The first-order valence-electron chi connectivity index (χ1n) is 5.30. The molecule has 0 atom stereocenters. The van der Waals surface area contributed by atoms with Gasteiger partial charge in [0.05, 0.1) is 0 Å². The molecule has 88 valence electrons. The molecule has 0 saturated heterocycles. The first-order chi connectivity index (χ1) is 8.28. The maximum Gasteiger partial charge on any atom is 0.213 e. The summed E-state index contributed by atoms with van der Waals surface area (Å²) < 4.78 is 5.54. The van der Waals surface area contributed by atoms with E-state index in [1.54, 1.807) is 6.20 Å². The number of halogens is 1. The van der Waals surface area contributed by atoms with Crippen LogP contribution in [0.4, 0.5) is 0 Å². The van der Waals surface area contributed by atoms with Crippen LogP contribution >= 0.6 is 11.6 Å². The molecular formula is C13H13ClN2O. The minimum Gasteiger partial charge on any atom is -0.473 e. The third-order valence-corrected chi connectivity index (χ3v) is 2.59. The number of hydrogen-bond acceptors (Lipinski definition) is 3. The van der Waals surface area contributed by atoms with Gasteiger partial charge in [0.15, 0.2) is 0 Å². The van der Waals surface area contributed by atoms with Gasteiger partial charge in [-0.05, 0) is 23.3 Å². The van der Waals surface area contributed by atoms with Crippen molar-refractivity contribution >= 4 is 11.6 Å². The van der Waals surface area contributed by atoms with Gasteiger partial charge in [-0.15, -0.1) is 0 Å². The van der Waals surface area contributed by atoms with Crippen molar-refractivity contribution in [3.05, 3.63) is 58.7 Å². The molecule has 4 heteroatoms. The lowest BCUT2D eigenvalue weighted by atomic mass is 10.2. The molecule has 0 radical (unpaired) electrons. The largest absolute Gasteiger partial charge is 0.473 e. The Balaban J connectivity index is 1.95. The first kappa shape index (κ1) is 11.9. The van der Waals surface area contributed by atoms with E-state index >= 15 is 0 Å². The predicted molar refractivity (Wildman–Crippen MR) is 67.9 cm³/mol. The number of rotatable bonds is 4. The zero-order valence-corrected chi connectivity index (χ0v) is 10.0. The molecule has 0 aliphatic rings. The Labute approximate surface area is 105 Å². The Kier molecular flexibility index (Phi) is 3.96. The second-order valence-electron chi connectivity index (χ2n) is 3.62. The normalized spacial score (nSPS) is 10.2. The summed E-state index contributed by atoms with van der Waals surface area (Å²) in [5.74, 6) is 0.595. The molecule has 2 rings (SSSR count). The maximum absolute atomic E-state index is 5.80. The van der Waals surface area contributed by atoms with Crippen molar-refractivity contribution in [1.82, 2.24) is 4.98 Å². The van der Waals surface area contributed by atoms with Gasteiger partial charge in [-0.1, -0.05) is 29.8 Å². The Morgan fingerprint density at radius 1 is 1.06 bits per heavy atom. The Bertz CT molecular complexity index is 468. The molecule has 0 spiro atoms. The third kappa shape index (κ3) is 3.44. The number of pyridine rings is 1. The molecule has 0 saturated carbocycles. The van der Waals surface area contributed by atoms with E-state index in [2.05, 4.69) is 4.98 Å². The van der Waals surface area contributed by atoms with Gasteiger partial charge in [0, 0.05) is 23.8 Å². The Hall–Kier alpha value is -1.58. The highest BCUT2D eigenvalue weighted by Gasteiger charge is 1.97. The second-order valence-corrected chi connectivity index (χ2v) is 4.06. The van der Waals surface area contributed by atoms with E-state index in [0.717, 1.165) is 16.1 Å². The third-order valence-electron chi connectivity index (χ3n) is 2.33. The Morgan fingerprint density at radius 2 is 1.76 bits per heavy atom. The fraction of sp³-hybridized carbons (Fsp3) is 0.154. The fourth-order valence-electron chi connectivity index (χ4n) is 1.35. The topological polar surface area (TPSA) is 48.1 Å². The van der Waals surface area contributed by atoms with E-state index in [1.165, 1.54) is 0 Å². The molecule has 3 nitrogen and oxygen atoms in total. The molecule has 0 bridgehead atoms. The van der Waals surface area contributed by atoms with E-state index in [4.69, 9.17) is 22.1 Å². The lowest BCUT2D eigenvalue weighted by Crippen LogP contribution is -1.99. The van der Waals surface area contributed by atoms with Crippen LogP contribution in [0.3, 0.4) is 0 Å². The summed E-state index contributed by atoms with van der Waals surface area (Å²) in [6.45, 7) is 0.969. The number of ether oxygens (including phenoxy) is 1. The van der Waals surface area contributed by atoms with E-state index in [0.29, 0.717) is 19.0 Å². The predicted octanol–water partition coefficient (Wildman–Crippen LogP) is 2.77. The van der Waals surface area contributed by atoms with Crippen molar-refractivity contribution in [3.8, 4) is 5.88 Å². The van der Waals surface area contributed by atoms with Crippen molar-refractivity contribution in [2.45, 2.75) is 13.2 Å². The van der Waals surface area contributed by atoms with Gasteiger partial charge in [-0.25, -0.2) is 4.98 Å². The van der Waals surface area contributed by atoms with Gasteiger partial charge in [-0.3, -0.25) is 0 Å². The molecule has 0 unspecified atom stereocenters. The number of nitrogens with two attached hydrogens (primary N) is 1. The van der Waals surface area contributed by atoms with Gasteiger partial charge in [0.25, 0.3) is 0 Å². The van der Waals surface area contributed by atoms with Crippen molar-refractivity contribution in [2.75, 3.05) is 0 Å². The quantitative estimate of drug-likeness (QED) is 0.905. The highest BCUT2D eigenvalue weighted by Crippen LogP contribution is 2.13. The van der Waals surface area contributed by atoms with Crippen LogP contribution in [-0.2, 0) is 13.2 Å². The second kappa shape index (κ2) is 5.66. The smallest absolute Gasteiger partial charge is 0.213 e. The number of benzene rings is 1. The van der Waals surface area contributed by atoms with Gasteiger partial charge < -0.3 is 10.5 Å². The summed E-state index contributed by atoms with van der Waals surface area (Å²) >= 11 is 5.80. The SMILES string of the molecule is NCc1ccc(OCc2ccc(Cl)cc2)nc1. The molecule has 2 N–H and O–H groups in total. The summed E-state index contributed by atoms with van der Waals surface area (Å²) in [7, 11) is 0. The van der Waals surface area contributed by atoms with Crippen LogP contribution in [0.2, 0.25) is 5.02 Å². The van der Waals surface area contributed by atoms with Crippen LogP contribution in [0, 0.1) is 0 Å². The van der Waals surface area contributed by atoms with Crippen molar-refractivity contribution in [2.24, 2.45) is 5.73 Å². The lowest BCUT2D eigenvalue weighted by molar-refractivity contribution is 0.294. The minimum atomic E-state index is 0.478. The lowest BCUT2D eigenvalue weighted by Gasteiger charge is -2.05. The molecule has 2 aromatic rings. The summed E-state index contributed by atoms with van der Waals surface area (Å²) in [6, 6.07) is 11.3. The summed E-state index contributed by atoms with van der Waals surface area (Å²) in [4.78, 5) is 4.15. The van der Waals surface area contributed by atoms with Gasteiger partial charge in [0.1, 0.15) is 6.61 Å². The first-order valence-corrected chi connectivity index (χ1v) is 5.68. The van der Waals surface area contributed by atoms with Crippen LogP contribution in [0.5, 0.6) is 5.88 Å². The van der Waals surface area contributed by atoms with Crippen LogP contribution in [-0.4, -0.2) is 4.98 Å². The van der Waals surface area contributed by atoms with Gasteiger partial charge >= 0.3 is 0 Å². The zero-order chi connectivity index (χ0) is 12.1. The molecule has 0 fully saturated rings. The van der Waals surface area contributed by atoms with Crippen LogP contribution in [0.1, 0.15) is 11.1 Å². The van der Waals surface area contributed by atoms with E-state index < -0.39 is 0 Å². The average molecular weight is 249 g/mol. The molecule has 17 heavy (non-hydrogen) atoms.